The molecule has 2 amide bonds. The van der Waals surface area contributed by atoms with Crippen LogP contribution >= 0.6 is 0 Å². The number of para-hydroxylation sites is 1. The van der Waals surface area contributed by atoms with Gasteiger partial charge in [-0.05, 0) is 79.8 Å². The van der Waals surface area contributed by atoms with E-state index in [0.717, 1.165) is 33.5 Å². The molecule has 0 spiro atoms. The van der Waals surface area contributed by atoms with E-state index in [-0.39, 0.29) is 11.8 Å². The summed E-state index contributed by atoms with van der Waals surface area (Å²) in [5.41, 5.74) is 7.26. The summed E-state index contributed by atoms with van der Waals surface area (Å²) in [7, 11) is 1.84. The number of carbonyl (C=O) groups is 2. The van der Waals surface area contributed by atoms with Gasteiger partial charge in [0, 0.05) is 12.7 Å². The Morgan fingerprint density at radius 2 is 1.35 bits per heavy atom. The maximum Gasteiger partial charge on any atom is 0.282 e. The molecule has 4 nitrogen and oxygen atoms in total. The van der Waals surface area contributed by atoms with Gasteiger partial charge >= 0.3 is 0 Å². The van der Waals surface area contributed by atoms with Crippen LogP contribution in [0.5, 0.6) is 0 Å². The molecule has 31 heavy (non-hydrogen) atoms. The zero-order valence-corrected chi connectivity index (χ0v) is 18.6. The van der Waals surface area contributed by atoms with Crippen LogP contribution in [0.1, 0.15) is 27.8 Å². The zero-order valence-electron chi connectivity index (χ0n) is 18.6. The van der Waals surface area contributed by atoms with Crippen LogP contribution in [0.2, 0.25) is 0 Å². The van der Waals surface area contributed by atoms with Crippen molar-refractivity contribution in [2.24, 2.45) is 0 Å². The van der Waals surface area contributed by atoms with Gasteiger partial charge in [0.05, 0.1) is 11.3 Å². The highest BCUT2D eigenvalue weighted by molar-refractivity contribution is 6.46. The van der Waals surface area contributed by atoms with Gasteiger partial charge in [0.25, 0.3) is 11.8 Å². The smallest absolute Gasteiger partial charge is 0.282 e. The molecule has 0 aromatic heterocycles. The van der Waals surface area contributed by atoms with Gasteiger partial charge in [-0.2, -0.15) is 0 Å². The highest BCUT2D eigenvalue weighted by atomic mass is 16.2. The van der Waals surface area contributed by atoms with E-state index in [4.69, 9.17) is 0 Å². The molecular formula is C27H26N2O2. The molecule has 0 saturated heterocycles. The first-order chi connectivity index (χ1) is 14.8. The molecule has 4 heteroatoms. The van der Waals surface area contributed by atoms with Crippen molar-refractivity contribution >= 4 is 28.8 Å². The number of aryl methyl sites for hydroxylation is 4. The lowest BCUT2D eigenvalue weighted by Gasteiger charge is -2.22. The Labute approximate surface area is 183 Å². The van der Waals surface area contributed by atoms with Crippen LogP contribution in [0.4, 0.5) is 11.4 Å². The lowest BCUT2D eigenvalue weighted by molar-refractivity contribution is -0.120. The van der Waals surface area contributed by atoms with Gasteiger partial charge in [0.15, 0.2) is 0 Å². The third-order valence-corrected chi connectivity index (χ3v) is 5.80. The van der Waals surface area contributed by atoms with Crippen LogP contribution in [0.3, 0.4) is 0 Å². The first-order valence-electron chi connectivity index (χ1n) is 10.4. The van der Waals surface area contributed by atoms with Gasteiger partial charge in [0.2, 0.25) is 0 Å². The highest BCUT2D eigenvalue weighted by Gasteiger charge is 2.42. The Bertz CT molecular complexity index is 1200. The number of hydrogen-bond acceptors (Lipinski definition) is 3. The number of benzene rings is 3. The average Bonchev–Trinajstić information content (AvgIpc) is 2.99. The lowest BCUT2D eigenvalue weighted by Crippen LogP contribution is -2.34. The summed E-state index contributed by atoms with van der Waals surface area (Å²) in [6, 6.07) is 21.3. The van der Waals surface area contributed by atoms with Crippen molar-refractivity contribution in [3.05, 3.63) is 100 Å². The third-order valence-electron chi connectivity index (χ3n) is 5.80. The molecule has 1 heterocycles. The quantitative estimate of drug-likeness (QED) is 0.545. The van der Waals surface area contributed by atoms with Crippen molar-refractivity contribution in [1.29, 1.82) is 0 Å². The van der Waals surface area contributed by atoms with Gasteiger partial charge in [-0.25, -0.2) is 4.90 Å². The number of rotatable bonds is 4. The van der Waals surface area contributed by atoms with Crippen molar-refractivity contribution in [3.63, 3.8) is 0 Å². The first-order valence-corrected chi connectivity index (χ1v) is 10.4. The van der Waals surface area contributed by atoms with Crippen LogP contribution < -0.4 is 9.80 Å². The van der Waals surface area contributed by atoms with Crippen LogP contribution in [-0.4, -0.2) is 18.9 Å². The minimum Gasteiger partial charge on any atom is -0.339 e. The second-order valence-corrected chi connectivity index (χ2v) is 8.21. The molecule has 0 radical (unpaired) electrons. The second-order valence-electron chi connectivity index (χ2n) is 8.21. The molecule has 0 atom stereocenters. The minimum atomic E-state index is -0.311. The van der Waals surface area contributed by atoms with E-state index in [0.29, 0.717) is 17.0 Å². The molecule has 0 saturated carbocycles. The maximum absolute atomic E-state index is 13.7. The van der Waals surface area contributed by atoms with Crippen LogP contribution in [-0.2, 0) is 9.59 Å². The largest absolute Gasteiger partial charge is 0.339 e. The molecule has 0 aliphatic carbocycles. The van der Waals surface area contributed by atoms with Gasteiger partial charge < -0.3 is 4.90 Å². The molecule has 0 N–H and O–H groups in total. The number of amides is 2. The van der Waals surface area contributed by atoms with Crippen LogP contribution in [0.15, 0.2) is 72.4 Å². The number of likely N-dealkylation sites (N-methyl/N-ethyl adjacent to an activating group) is 1. The van der Waals surface area contributed by atoms with Crippen molar-refractivity contribution in [2.45, 2.75) is 27.7 Å². The summed E-state index contributed by atoms with van der Waals surface area (Å²) in [4.78, 5) is 30.5. The normalized spacial score (nSPS) is 13.9. The Morgan fingerprint density at radius 1 is 0.710 bits per heavy atom. The van der Waals surface area contributed by atoms with Gasteiger partial charge in [-0.15, -0.1) is 0 Å². The van der Waals surface area contributed by atoms with E-state index in [9.17, 15) is 9.59 Å². The fraction of sp³-hybridized carbons (Fsp3) is 0.185. The van der Waals surface area contributed by atoms with Crippen molar-refractivity contribution < 1.29 is 9.59 Å². The molecule has 0 unspecified atom stereocenters. The van der Waals surface area contributed by atoms with Crippen LogP contribution in [0.25, 0.3) is 5.57 Å². The average molecular weight is 411 g/mol. The van der Waals surface area contributed by atoms with Crippen molar-refractivity contribution in [1.82, 2.24) is 0 Å². The van der Waals surface area contributed by atoms with Gasteiger partial charge in [-0.3, -0.25) is 9.59 Å². The number of hydrogen-bond donors (Lipinski definition) is 0. The highest BCUT2D eigenvalue weighted by Crippen LogP contribution is 2.37. The first kappa shape index (κ1) is 20.6. The molecule has 1 aliphatic rings. The number of nitrogens with zero attached hydrogens (tertiary/aromatic N) is 2. The Kier molecular flexibility index (Phi) is 5.24. The Balaban J connectivity index is 1.91. The summed E-state index contributed by atoms with van der Waals surface area (Å²) < 4.78 is 0. The summed E-state index contributed by atoms with van der Waals surface area (Å²) in [5.74, 6) is -0.606. The molecule has 4 rings (SSSR count). The van der Waals surface area contributed by atoms with E-state index >= 15 is 0 Å². The summed E-state index contributed by atoms with van der Waals surface area (Å²) in [6.45, 7) is 7.99. The summed E-state index contributed by atoms with van der Waals surface area (Å²) >= 11 is 0. The Morgan fingerprint density at radius 3 is 1.97 bits per heavy atom. The lowest BCUT2D eigenvalue weighted by atomic mass is 9.99. The number of carbonyl (C=O) groups excluding carboxylic acids is 2. The van der Waals surface area contributed by atoms with E-state index in [1.807, 2.05) is 106 Å². The minimum absolute atomic E-state index is 0.295. The van der Waals surface area contributed by atoms with E-state index in [1.165, 1.54) is 4.90 Å². The van der Waals surface area contributed by atoms with Crippen molar-refractivity contribution in [3.8, 4) is 0 Å². The predicted molar refractivity (Wildman–Crippen MR) is 126 cm³/mol. The predicted octanol–water partition coefficient (Wildman–Crippen LogP) is 5.34. The van der Waals surface area contributed by atoms with E-state index in [1.54, 1.807) is 0 Å². The van der Waals surface area contributed by atoms with Crippen LogP contribution in [0, 0.1) is 27.7 Å². The molecule has 0 fully saturated rings. The topological polar surface area (TPSA) is 40.6 Å². The van der Waals surface area contributed by atoms with E-state index in [2.05, 4.69) is 0 Å². The van der Waals surface area contributed by atoms with Crippen molar-refractivity contribution in [2.75, 3.05) is 16.8 Å². The SMILES string of the molecule is Cc1cc(C)cc(N2C(=O)C(c3ccc(C)c(C)c3)=C(N(C)c3ccccc3)C2=O)c1. The standard InChI is InChI=1S/C27H26N2O2/c1-17-13-18(2)15-23(14-17)29-26(30)24(21-12-11-19(3)20(4)16-21)25(27(29)31)28(5)22-9-7-6-8-10-22/h6-16H,1-5H3. The molecule has 3 aromatic rings. The summed E-state index contributed by atoms with van der Waals surface area (Å²) in [6.07, 6.45) is 0. The summed E-state index contributed by atoms with van der Waals surface area (Å²) in [5, 5.41) is 0. The molecule has 3 aromatic carbocycles. The molecular weight excluding hydrogens is 384 g/mol. The zero-order chi connectivity index (χ0) is 22.3. The molecule has 1 aliphatic heterocycles. The fourth-order valence-electron chi connectivity index (χ4n) is 4.08. The third kappa shape index (κ3) is 3.66. The number of anilines is 2. The van der Waals surface area contributed by atoms with Gasteiger partial charge in [-0.1, -0.05) is 42.5 Å². The van der Waals surface area contributed by atoms with Gasteiger partial charge in [0.1, 0.15) is 5.70 Å². The van der Waals surface area contributed by atoms with E-state index < -0.39 is 0 Å². The Hall–Kier alpha value is -3.66. The molecule has 0 bridgehead atoms. The monoisotopic (exact) mass is 410 g/mol. The number of imide groups is 1. The molecule has 156 valence electrons. The fourth-order valence-corrected chi connectivity index (χ4v) is 4.08. The second kappa shape index (κ2) is 7.88. The maximum atomic E-state index is 13.7.